The molecule has 0 amide bonds. The maximum Gasteiger partial charge on any atom is 0.210 e. The predicted molar refractivity (Wildman–Crippen MR) is 115 cm³/mol. The van der Waals surface area contributed by atoms with Crippen molar-refractivity contribution >= 4 is 16.6 Å². The SMILES string of the molecule is CC(C)[C@H]1CC[C@H](Nc2ncc(Cc3ccc(O)nc3)c3ccccc23)CC1. The molecule has 0 unspecified atom stereocenters. The number of pyridine rings is 2. The van der Waals surface area contributed by atoms with Crippen LogP contribution in [0.4, 0.5) is 5.82 Å². The molecule has 3 aromatic rings. The Morgan fingerprint density at radius 2 is 1.71 bits per heavy atom. The number of anilines is 1. The molecule has 146 valence electrons. The van der Waals surface area contributed by atoms with Crippen molar-refractivity contribution in [3.05, 3.63) is 59.9 Å². The van der Waals surface area contributed by atoms with Gasteiger partial charge in [0.25, 0.3) is 0 Å². The Labute approximate surface area is 167 Å². The highest BCUT2D eigenvalue weighted by molar-refractivity contribution is 5.94. The summed E-state index contributed by atoms with van der Waals surface area (Å²) in [5.74, 6) is 2.70. The van der Waals surface area contributed by atoms with Crippen molar-refractivity contribution in [2.45, 2.75) is 52.0 Å². The third-order valence-corrected chi connectivity index (χ3v) is 6.14. The summed E-state index contributed by atoms with van der Waals surface area (Å²) >= 11 is 0. The molecule has 4 heteroatoms. The largest absolute Gasteiger partial charge is 0.493 e. The van der Waals surface area contributed by atoms with Gasteiger partial charge in [0.2, 0.25) is 5.88 Å². The lowest BCUT2D eigenvalue weighted by atomic mass is 9.79. The third kappa shape index (κ3) is 4.11. The fraction of sp³-hybridized carbons (Fsp3) is 0.417. The summed E-state index contributed by atoms with van der Waals surface area (Å²) in [6.45, 7) is 4.69. The summed E-state index contributed by atoms with van der Waals surface area (Å²) in [7, 11) is 0. The van der Waals surface area contributed by atoms with E-state index in [0.29, 0.717) is 6.04 Å². The molecule has 4 rings (SSSR count). The molecule has 1 aliphatic carbocycles. The number of nitrogens with one attached hydrogen (secondary N) is 1. The minimum atomic E-state index is 0.0541. The maximum absolute atomic E-state index is 9.40. The normalized spacial score (nSPS) is 19.8. The van der Waals surface area contributed by atoms with Crippen LogP contribution in [0.15, 0.2) is 48.8 Å². The number of aromatic hydroxyl groups is 1. The van der Waals surface area contributed by atoms with Crippen LogP contribution in [0.1, 0.15) is 50.7 Å². The number of benzene rings is 1. The van der Waals surface area contributed by atoms with E-state index in [1.165, 1.54) is 42.0 Å². The van der Waals surface area contributed by atoms with Gasteiger partial charge in [-0.3, -0.25) is 0 Å². The maximum atomic E-state index is 9.40. The smallest absolute Gasteiger partial charge is 0.210 e. The Morgan fingerprint density at radius 1 is 0.964 bits per heavy atom. The average molecular weight is 376 g/mol. The third-order valence-electron chi connectivity index (χ3n) is 6.14. The van der Waals surface area contributed by atoms with Gasteiger partial charge in [0.05, 0.1) is 0 Å². The second-order valence-electron chi connectivity index (χ2n) is 8.38. The standard InChI is InChI=1S/C24H29N3O/c1-16(2)18-8-10-20(11-9-18)27-24-22-6-4-3-5-21(22)19(15-26-24)13-17-7-12-23(28)25-14-17/h3-7,12,14-16,18,20H,8-11,13H2,1-2H3,(H,25,28)(H,26,27)/t18-,20-. The van der Waals surface area contributed by atoms with Crippen LogP contribution in [-0.4, -0.2) is 21.1 Å². The summed E-state index contributed by atoms with van der Waals surface area (Å²) in [4.78, 5) is 8.78. The molecule has 1 aromatic carbocycles. The number of hydrogen-bond donors (Lipinski definition) is 2. The van der Waals surface area contributed by atoms with Crippen LogP contribution in [0.5, 0.6) is 5.88 Å². The molecule has 28 heavy (non-hydrogen) atoms. The van der Waals surface area contributed by atoms with Gasteiger partial charge in [-0.1, -0.05) is 44.2 Å². The Balaban J connectivity index is 1.55. The van der Waals surface area contributed by atoms with Gasteiger partial charge in [-0.15, -0.1) is 0 Å². The molecule has 0 spiro atoms. The highest BCUT2D eigenvalue weighted by Crippen LogP contribution is 2.33. The van der Waals surface area contributed by atoms with Crippen LogP contribution in [0, 0.1) is 11.8 Å². The van der Waals surface area contributed by atoms with E-state index in [4.69, 9.17) is 4.98 Å². The lowest BCUT2D eigenvalue weighted by molar-refractivity contribution is 0.267. The molecule has 1 saturated carbocycles. The van der Waals surface area contributed by atoms with Gasteiger partial charge in [0.1, 0.15) is 5.82 Å². The fourth-order valence-electron chi connectivity index (χ4n) is 4.37. The van der Waals surface area contributed by atoms with Crippen molar-refractivity contribution in [3.8, 4) is 5.88 Å². The Hall–Kier alpha value is -2.62. The monoisotopic (exact) mass is 375 g/mol. The van der Waals surface area contributed by atoms with Crippen molar-refractivity contribution in [1.82, 2.24) is 9.97 Å². The van der Waals surface area contributed by atoms with Crippen LogP contribution < -0.4 is 5.32 Å². The molecule has 1 aliphatic rings. The number of hydrogen-bond acceptors (Lipinski definition) is 4. The van der Waals surface area contributed by atoms with E-state index in [1.54, 1.807) is 12.3 Å². The zero-order chi connectivity index (χ0) is 19.5. The molecule has 2 aromatic heterocycles. The molecule has 2 N–H and O–H groups in total. The Morgan fingerprint density at radius 3 is 2.39 bits per heavy atom. The second kappa shape index (κ2) is 8.17. The molecule has 1 fully saturated rings. The zero-order valence-electron chi connectivity index (χ0n) is 16.7. The van der Waals surface area contributed by atoms with E-state index >= 15 is 0 Å². The highest BCUT2D eigenvalue weighted by atomic mass is 16.3. The topological polar surface area (TPSA) is 58.0 Å². The lowest BCUT2D eigenvalue weighted by Gasteiger charge is -2.31. The summed E-state index contributed by atoms with van der Waals surface area (Å²) in [6, 6.07) is 12.5. The molecule has 0 bridgehead atoms. The zero-order valence-corrected chi connectivity index (χ0v) is 16.7. The molecular formula is C24H29N3O. The summed E-state index contributed by atoms with van der Waals surface area (Å²) in [5, 5.41) is 15.5. The first-order valence-electron chi connectivity index (χ1n) is 10.4. The fourth-order valence-corrected chi connectivity index (χ4v) is 4.37. The summed E-state index contributed by atoms with van der Waals surface area (Å²) in [6.07, 6.45) is 9.51. The van der Waals surface area contributed by atoms with E-state index in [0.717, 1.165) is 29.6 Å². The first-order chi connectivity index (χ1) is 13.6. The van der Waals surface area contributed by atoms with E-state index in [2.05, 4.69) is 48.4 Å². The van der Waals surface area contributed by atoms with Crippen molar-refractivity contribution < 1.29 is 5.11 Å². The van der Waals surface area contributed by atoms with Crippen LogP contribution in [-0.2, 0) is 6.42 Å². The van der Waals surface area contributed by atoms with Gasteiger partial charge in [0.15, 0.2) is 0 Å². The Bertz CT molecular complexity index is 928. The average Bonchev–Trinajstić information content (AvgIpc) is 2.72. The lowest BCUT2D eigenvalue weighted by Crippen LogP contribution is -2.28. The van der Waals surface area contributed by atoms with Gasteiger partial charge in [-0.25, -0.2) is 9.97 Å². The van der Waals surface area contributed by atoms with E-state index < -0.39 is 0 Å². The summed E-state index contributed by atoms with van der Waals surface area (Å²) in [5.41, 5.74) is 2.25. The van der Waals surface area contributed by atoms with Crippen molar-refractivity contribution in [3.63, 3.8) is 0 Å². The van der Waals surface area contributed by atoms with E-state index in [9.17, 15) is 5.11 Å². The van der Waals surface area contributed by atoms with Crippen molar-refractivity contribution in [2.24, 2.45) is 11.8 Å². The van der Waals surface area contributed by atoms with Crippen LogP contribution in [0.3, 0.4) is 0 Å². The molecular weight excluding hydrogens is 346 g/mol. The second-order valence-corrected chi connectivity index (χ2v) is 8.38. The van der Waals surface area contributed by atoms with E-state index in [-0.39, 0.29) is 5.88 Å². The number of rotatable bonds is 5. The number of fused-ring (bicyclic) bond motifs is 1. The first-order valence-corrected chi connectivity index (χ1v) is 10.4. The van der Waals surface area contributed by atoms with Gasteiger partial charge >= 0.3 is 0 Å². The van der Waals surface area contributed by atoms with Gasteiger partial charge in [-0.05, 0) is 54.0 Å². The number of nitrogens with zero attached hydrogens (tertiary/aromatic N) is 2. The first kappa shape index (κ1) is 18.7. The van der Waals surface area contributed by atoms with Crippen molar-refractivity contribution in [1.29, 1.82) is 0 Å². The predicted octanol–water partition coefficient (Wildman–Crippen LogP) is 5.55. The minimum absolute atomic E-state index is 0.0541. The molecule has 4 nitrogen and oxygen atoms in total. The molecule has 0 radical (unpaired) electrons. The van der Waals surface area contributed by atoms with E-state index in [1.807, 2.05) is 12.3 Å². The summed E-state index contributed by atoms with van der Waals surface area (Å²) < 4.78 is 0. The van der Waals surface area contributed by atoms with Gasteiger partial charge in [-0.2, -0.15) is 0 Å². The minimum Gasteiger partial charge on any atom is -0.493 e. The van der Waals surface area contributed by atoms with Gasteiger partial charge < -0.3 is 10.4 Å². The number of aromatic nitrogens is 2. The van der Waals surface area contributed by atoms with Crippen LogP contribution in [0.25, 0.3) is 10.8 Å². The quantitative estimate of drug-likeness (QED) is 0.613. The van der Waals surface area contributed by atoms with Crippen LogP contribution >= 0.6 is 0 Å². The molecule has 0 saturated heterocycles. The van der Waals surface area contributed by atoms with Crippen LogP contribution in [0.2, 0.25) is 0 Å². The Kier molecular flexibility index (Phi) is 5.47. The molecule has 2 heterocycles. The highest BCUT2D eigenvalue weighted by Gasteiger charge is 2.23. The molecule has 0 aliphatic heterocycles. The van der Waals surface area contributed by atoms with Crippen molar-refractivity contribution in [2.75, 3.05) is 5.32 Å². The van der Waals surface area contributed by atoms with Gasteiger partial charge in [0, 0.05) is 36.3 Å². The molecule has 0 atom stereocenters.